The van der Waals surface area contributed by atoms with E-state index in [0.29, 0.717) is 10.9 Å². The van der Waals surface area contributed by atoms with Crippen molar-refractivity contribution in [2.75, 3.05) is 0 Å². The molecule has 0 aliphatic heterocycles. The zero-order chi connectivity index (χ0) is 17.1. The van der Waals surface area contributed by atoms with Gasteiger partial charge in [-0.3, -0.25) is 9.59 Å². The highest BCUT2D eigenvalue weighted by Crippen LogP contribution is 2.16. The van der Waals surface area contributed by atoms with Gasteiger partial charge < -0.3 is 5.32 Å². The van der Waals surface area contributed by atoms with Gasteiger partial charge in [0, 0.05) is 4.47 Å². The molecule has 0 spiro atoms. The Hall–Kier alpha value is -2.54. The number of amides is 1. The molecule has 24 heavy (non-hydrogen) atoms. The molecule has 0 radical (unpaired) electrons. The largest absolute Gasteiger partial charge is 0.348 e. The summed E-state index contributed by atoms with van der Waals surface area (Å²) in [5, 5.41) is 11.1. The fraction of sp³-hybridized carbons (Fsp3) is 0.176. The third-order valence-corrected chi connectivity index (χ3v) is 4.20. The van der Waals surface area contributed by atoms with Crippen molar-refractivity contribution in [3.63, 3.8) is 0 Å². The van der Waals surface area contributed by atoms with Crippen molar-refractivity contribution >= 4 is 32.7 Å². The van der Waals surface area contributed by atoms with Gasteiger partial charge in [-0.15, -0.1) is 5.10 Å². The second kappa shape index (κ2) is 6.92. The van der Waals surface area contributed by atoms with Crippen molar-refractivity contribution in [3.8, 4) is 0 Å². The second-order valence-electron chi connectivity index (χ2n) is 5.41. The summed E-state index contributed by atoms with van der Waals surface area (Å²) in [7, 11) is 0. The fourth-order valence-electron chi connectivity index (χ4n) is 2.38. The molecule has 2 aromatic carbocycles. The van der Waals surface area contributed by atoms with E-state index in [1.54, 1.807) is 24.3 Å². The van der Waals surface area contributed by atoms with Crippen molar-refractivity contribution in [2.45, 2.75) is 19.5 Å². The van der Waals surface area contributed by atoms with E-state index in [0.717, 1.165) is 14.7 Å². The molecule has 0 fully saturated rings. The molecule has 0 aliphatic rings. The molecule has 122 valence electrons. The molecule has 0 bridgehead atoms. The van der Waals surface area contributed by atoms with Crippen LogP contribution in [0.5, 0.6) is 0 Å². The Balaban J connectivity index is 1.74. The van der Waals surface area contributed by atoms with Crippen LogP contribution < -0.4 is 10.9 Å². The van der Waals surface area contributed by atoms with Crippen molar-refractivity contribution in [3.05, 3.63) is 68.9 Å². The van der Waals surface area contributed by atoms with Gasteiger partial charge in [-0.05, 0) is 36.8 Å². The summed E-state index contributed by atoms with van der Waals surface area (Å²) in [6.45, 7) is 1.72. The van der Waals surface area contributed by atoms with Crippen molar-refractivity contribution < 1.29 is 4.79 Å². The number of fused-ring (bicyclic) bond motifs is 1. The third kappa shape index (κ3) is 3.51. The highest BCUT2D eigenvalue weighted by molar-refractivity contribution is 9.10. The molecule has 1 amide bonds. The minimum atomic E-state index is -0.327. The van der Waals surface area contributed by atoms with Crippen LogP contribution in [-0.2, 0) is 11.3 Å². The first-order valence-corrected chi connectivity index (χ1v) is 8.21. The van der Waals surface area contributed by atoms with Gasteiger partial charge in [0.05, 0.1) is 11.4 Å². The smallest absolute Gasteiger partial charge is 0.278 e. The number of hydrogen-bond acceptors (Lipinski definition) is 4. The molecule has 7 heteroatoms. The quantitative estimate of drug-likeness (QED) is 0.746. The molecular weight excluding hydrogens is 372 g/mol. The Kier molecular flexibility index (Phi) is 4.71. The maximum absolute atomic E-state index is 12.3. The molecule has 0 aliphatic carbocycles. The summed E-state index contributed by atoms with van der Waals surface area (Å²) < 4.78 is 2.05. The van der Waals surface area contributed by atoms with E-state index in [9.17, 15) is 9.59 Å². The predicted octanol–water partition coefficient (Wildman–Crippen LogP) is 2.43. The molecule has 1 atom stereocenters. The molecule has 0 unspecified atom stereocenters. The van der Waals surface area contributed by atoms with E-state index < -0.39 is 0 Å². The van der Waals surface area contributed by atoms with Gasteiger partial charge in [0.1, 0.15) is 12.1 Å². The molecule has 3 aromatic rings. The lowest BCUT2D eigenvalue weighted by Crippen LogP contribution is -2.35. The first-order chi connectivity index (χ1) is 11.5. The zero-order valence-electron chi connectivity index (χ0n) is 12.9. The summed E-state index contributed by atoms with van der Waals surface area (Å²) in [4.78, 5) is 24.5. The van der Waals surface area contributed by atoms with Crippen molar-refractivity contribution in [1.29, 1.82) is 0 Å². The second-order valence-corrected chi connectivity index (χ2v) is 6.33. The van der Waals surface area contributed by atoms with Crippen LogP contribution in [0, 0.1) is 0 Å². The average Bonchev–Trinajstić information content (AvgIpc) is 2.58. The van der Waals surface area contributed by atoms with E-state index in [-0.39, 0.29) is 24.1 Å². The molecule has 1 heterocycles. The number of benzene rings is 2. The van der Waals surface area contributed by atoms with Crippen molar-refractivity contribution in [1.82, 2.24) is 20.3 Å². The first kappa shape index (κ1) is 16.3. The summed E-state index contributed by atoms with van der Waals surface area (Å²) in [6, 6.07) is 14.4. The summed E-state index contributed by atoms with van der Waals surface area (Å²) in [5.41, 5.74) is 1.16. The lowest BCUT2D eigenvalue weighted by molar-refractivity contribution is -0.122. The highest BCUT2D eigenvalue weighted by Gasteiger charge is 2.12. The minimum Gasteiger partial charge on any atom is -0.348 e. The molecule has 3 rings (SSSR count). The summed E-state index contributed by atoms with van der Waals surface area (Å²) in [6.07, 6.45) is 0. The van der Waals surface area contributed by atoms with E-state index >= 15 is 0 Å². The number of nitrogens with one attached hydrogen (secondary N) is 1. The fourth-order valence-corrected chi connectivity index (χ4v) is 2.65. The minimum absolute atomic E-state index is 0.169. The topological polar surface area (TPSA) is 76.9 Å². The molecule has 0 saturated carbocycles. The van der Waals surface area contributed by atoms with Crippen LogP contribution >= 0.6 is 15.9 Å². The van der Waals surface area contributed by atoms with Gasteiger partial charge in [-0.25, -0.2) is 4.68 Å². The van der Waals surface area contributed by atoms with Crippen LogP contribution in [0.3, 0.4) is 0 Å². The number of aromatic nitrogens is 3. The van der Waals surface area contributed by atoms with E-state index in [2.05, 4.69) is 31.6 Å². The van der Waals surface area contributed by atoms with Gasteiger partial charge in [0.2, 0.25) is 5.91 Å². The van der Waals surface area contributed by atoms with Gasteiger partial charge in [-0.2, -0.15) is 0 Å². The Morgan fingerprint density at radius 3 is 2.67 bits per heavy atom. The molecule has 1 N–H and O–H groups in total. The Labute approximate surface area is 146 Å². The van der Waals surface area contributed by atoms with Crippen LogP contribution in [-0.4, -0.2) is 20.9 Å². The van der Waals surface area contributed by atoms with Gasteiger partial charge in [0.15, 0.2) is 0 Å². The lowest BCUT2D eigenvalue weighted by atomic mass is 10.1. The standard InChI is InChI=1S/C17H15BrN4O2/c1-11(12-6-8-13(18)9-7-12)19-16(23)10-22-17(24)14-4-2-3-5-15(14)20-21-22/h2-9,11H,10H2,1H3,(H,19,23)/t11-/m1/s1. The Morgan fingerprint density at radius 2 is 1.92 bits per heavy atom. The van der Waals surface area contributed by atoms with E-state index in [1.807, 2.05) is 31.2 Å². The van der Waals surface area contributed by atoms with Crippen LogP contribution in [0.4, 0.5) is 0 Å². The Bertz CT molecular complexity index is 937. The van der Waals surface area contributed by atoms with Crippen molar-refractivity contribution in [2.24, 2.45) is 0 Å². The normalized spacial score (nSPS) is 12.1. The lowest BCUT2D eigenvalue weighted by Gasteiger charge is -2.14. The average molecular weight is 387 g/mol. The number of nitrogens with zero attached hydrogens (tertiary/aromatic N) is 3. The SMILES string of the molecule is C[C@@H](NC(=O)Cn1nnc2ccccc2c1=O)c1ccc(Br)cc1. The maximum atomic E-state index is 12.3. The zero-order valence-corrected chi connectivity index (χ0v) is 14.5. The molecule has 1 aromatic heterocycles. The van der Waals surface area contributed by atoms with E-state index in [4.69, 9.17) is 0 Å². The maximum Gasteiger partial charge on any atom is 0.278 e. The molecule has 0 saturated heterocycles. The monoisotopic (exact) mass is 386 g/mol. The van der Waals surface area contributed by atoms with Gasteiger partial charge in [0.25, 0.3) is 5.56 Å². The first-order valence-electron chi connectivity index (χ1n) is 7.42. The van der Waals surface area contributed by atoms with E-state index in [1.165, 1.54) is 0 Å². The van der Waals surface area contributed by atoms with Crippen LogP contribution in [0.2, 0.25) is 0 Å². The van der Waals surface area contributed by atoms with Crippen LogP contribution in [0.1, 0.15) is 18.5 Å². The highest BCUT2D eigenvalue weighted by atomic mass is 79.9. The number of halogens is 1. The molecule has 6 nitrogen and oxygen atoms in total. The summed E-state index contributed by atoms with van der Waals surface area (Å²) in [5.74, 6) is -0.294. The predicted molar refractivity (Wildman–Crippen MR) is 94.5 cm³/mol. The third-order valence-electron chi connectivity index (χ3n) is 3.67. The number of hydrogen-bond donors (Lipinski definition) is 1. The van der Waals surface area contributed by atoms with Gasteiger partial charge >= 0.3 is 0 Å². The van der Waals surface area contributed by atoms with Crippen LogP contribution in [0.15, 0.2) is 57.8 Å². The summed E-state index contributed by atoms with van der Waals surface area (Å²) >= 11 is 3.38. The van der Waals surface area contributed by atoms with Gasteiger partial charge in [-0.1, -0.05) is 45.4 Å². The Morgan fingerprint density at radius 1 is 1.21 bits per heavy atom. The van der Waals surface area contributed by atoms with Crippen LogP contribution in [0.25, 0.3) is 10.9 Å². The number of carbonyl (C=O) groups is 1. The number of rotatable bonds is 4. The number of carbonyl (C=O) groups excluding carboxylic acids is 1. The molecular formula is C17H15BrN4O2.